The van der Waals surface area contributed by atoms with Crippen molar-refractivity contribution in [2.45, 2.75) is 44.8 Å². The fraction of sp³-hybridized carbons (Fsp3) is 0.900. The summed E-state index contributed by atoms with van der Waals surface area (Å²) in [5.41, 5.74) is 0.113. The zero-order valence-corrected chi connectivity index (χ0v) is 8.38. The smallest absolute Gasteiger partial charge is 0.219 e. The van der Waals surface area contributed by atoms with Gasteiger partial charge in [0.1, 0.15) is 0 Å². The summed E-state index contributed by atoms with van der Waals surface area (Å²) in [6.07, 6.45) is 3.66. The van der Waals surface area contributed by atoms with Gasteiger partial charge in [0, 0.05) is 26.5 Å². The molecular formula is C10H17NO2. The summed E-state index contributed by atoms with van der Waals surface area (Å²) in [6.45, 7) is 5.37. The second-order valence-electron chi connectivity index (χ2n) is 4.03. The van der Waals surface area contributed by atoms with Crippen molar-refractivity contribution in [2.24, 2.45) is 0 Å². The second kappa shape index (κ2) is 2.98. The highest BCUT2D eigenvalue weighted by Gasteiger charge is 2.61. The molecule has 1 aliphatic carbocycles. The Morgan fingerprint density at radius 2 is 2.46 bits per heavy atom. The van der Waals surface area contributed by atoms with Crippen LogP contribution >= 0.6 is 0 Å². The normalized spacial score (nSPS) is 37.1. The monoisotopic (exact) mass is 183 g/mol. The summed E-state index contributed by atoms with van der Waals surface area (Å²) in [5.74, 6) is 0.208. The van der Waals surface area contributed by atoms with Crippen LogP contribution in [-0.4, -0.2) is 35.6 Å². The van der Waals surface area contributed by atoms with Crippen LogP contribution in [0.1, 0.15) is 33.1 Å². The molecule has 1 spiro atoms. The van der Waals surface area contributed by atoms with Crippen LogP contribution in [0.3, 0.4) is 0 Å². The van der Waals surface area contributed by atoms with E-state index in [0.717, 1.165) is 32.4 Å². The quantitative estimate of drug-likeness (QED) is 0.643. The maximum absolute atomic E-state index is 11.3. The Morgan fingerprint density at radius 1 is 1.69 bits per heavy atom. The first-order chi connectivity index (χ1) is 6.20. The maximum Gasteiger partial charge on any atom is 0.219 e. The Morgan fingerprint density at radius 3 is 3.08 bits per heavy atom. The van der Waals surface area contributed by atoms with Crippen molar-refractivity contribution in [3.05, 3.63) is 0 Å². The Kier molecular flexibility index (Phi) is 2.06. The van der Waals surface area contributed by atoms with Crippen LogP contribution in [0.25, 0.3) is 0 Å². The predicted octanol–water partition coefficient (Wildman–Crippen LogP) is 1.18. The van der Waals surface area contributed by atoms with Crippen molar-refractivity contribution in [2.75, 3.05) is 13.2 Å². The minimum absolute atomic E-state index is 0.113. The minimum Gasteiger partial charge on any atom is -0.376 e. The third-order valence-corrected chi connectivity index (χ3v) is 3.26. The first-order valence-electron chi connectivity index (χ1n) is 5.10. The molecule has 1 heterocycles. The highest BCUT2D eigenvalue weighted by Crippen LogP contribution is 2.51. The molecule has 0 aromatic carbocycles. The summed E-state index contributed by atoms with van der Waals surface area (Å²) < 4.78 is 5.58. The molecular weight excluding hydrogens is 166 g/mol. The van der Waals surface area contributed by atoms with Gasteiger partial charge in [0.2, 0.25) is 5.91 Å². The average molecular weight is 183 g/mol. The molecule has 13 heavy (non-hydrogen) atoms. The van der Waals surface area contributed by atoms with Gasteiger partial charge >= 0.3 is 0 Å². The fourth-order valence-electron chi connectivity index (χ4n) is 2.60. The Bertz CT molecular complexity index is 229. The number of rotatable bonds is 2. The van der Waals surface area contributed by atoms with Gasteiger partial charge in [0.05, 0.1) is 11.6 Å². The number of hydrogen-bond donors (Lipinski definition) is 0. The van der Waals surface area contributed by atoms with Gasteiger partial charge in [-0.1, -0.05) is 0 Å². The lowest BCUT2D eigenvalue weighted by atomic mass is 10.2. The lowest BCUT2D eigenvalue weighted by Gasteiger charge is -2.23. The number of nitrogens with zero attached hydrogens (tertiary/aromatic N) is 1. The number of amides is 1. The van der Waals surface area contributed by atoms with Crippen molar-refractivity contribution in [1.82, 2.24) is 4.90 Å². The summed E-state index contributed by atoms with van der Waals surface area (Å²) >= 11 is 0. The summed E-state index contributed by atoms with van der Waals surface area (Å²) in [5, 5.41) is 0. The van der Waals surface area contributed by atoms with E-state index in [0.29, 0.717) is 6.10 Å². The van der Waals surface area contributed by atoms with Crippen molar-refractivity contribution in [1.29, 1.82) is 0 Å². The number of carbonyl (C=O) groups excluding carboxylic acids is 1. The molecule has 1 saturated heterocycles. The lowest BCUT2D eigenvalue weighted by Crippen LogP contribution is -2.38. The average Bonchev–Trinajstić information content (AvgIpc) is 2.59. The first kappa shape index (κ1) is 9.00. The van der Waals surface area contributed by atoms with Crippen LogP contribution in [0.15, 0.2) is 0 Å². The topological polar surface area (TPSA) is 29.5 Å². The number of carbonyl (C=O) groups is 1. The van der Waals surface area contributed by atoms with Crippen molar-refractivity contribution in [3.8, 4) is 0 Å². The molecule has 0 aromatic rings. The van der Waals surface area contributed by atoms with Crippen LogP contribution in [0.2, 0.25) is 0 Å². The predicted molar refractivity (Wildman–Crippen MR) is 49.4 cm³/mol. The molecule has 2 rings (SSSR count). The van der Waals surface area contributed by atoms with Gasteiger partial charge in [-0.3, -0.25) is 4.79 Å². The molecule has 1 amide bonds. The van der Waals surface area contributed by atoms with Crippen LogP contribution in [0.4, 0.5) is 0 Å². The largest absolute Gasteiger partial charge is 0.376 e. The molecule has 0 radical (unpaired) electrons. The molecule has 0 bridgehead atoms. The summed E-state index contributed by atoms with van der Waals surface area (Å²) in [7, 11) is 0. The SMILES string of the molecule is CCOC1CC12CCCN2C(C)=O. The molecule has 1 saturated carbocycles. The molecule has 2 fully saturated rings. The van der Waals surface area contributed by atoms with E-state index in [-0.39, 0.29) is 11.4 Å². The van der Waals surface area contributed by atoms with Crippen molar-refractivity contribution < 1.29 is 9.53 Å². The van der Waals surface area contributed by atoms with Crippen molar-refractivity contribution >= 4 is 5.91 Å². The van der Waals surface area contributed by atoms with Crippen LogP contribution in [0.5, 0.6) is 0 Å². The standard InChI is InChI=1S/C10H17NO2/c1-3-13-9-7-10(9)5-4-6-11(10)8(2)12/h9H,3-7H2,1-2H3. The summed E-state index contributed by atoms with van der Waals surface area (Å²) in [6, 6.07) is 0. The molecule has 1 aliphatic heterocycles. The maximum atomic E-state index is 11.3. The van der Waals surface area contributed by atoms with Gasteiger partial charge < -0.3 is 9.64 Å². The highest BCUT2D eigenvalue weighted by atomic mass is 16.5. The van der Waals surface area contributed by atoms with E-state index >= 15 is 0 Å². The van der Waals surface area contributed by atoms with Gasteiger partial charge in [0.15, 0.2) is 0 Å². The van der Waals surface area contributed by atoms with E-state index in [1.165, 1.54) is 0 Å². The first-order valence-corrected chi connectivity index (χ1v) is 5.10. The van der Waals surface area contributed by atoms with Gasteiger partial charge in [-0.25, -0.2) is 0 Å². The van der Waals surface area contributed by atoms with E-state index in [4.69, 9.17) is 4.74 Å². The van der Waals surface area contributed by atoms with Gasteiger partial charge in [-0.2, -0.15) is 0 Å². The Labute approximate surface area is 79.0 Å². The zero-order valence-electron chi connectivity index (χ0n) is 8.38. The van der Waals surface area contributed by atoms with Gasteiger partial charge in [-0.15, -0.1) is 0 Å². The van der Waals surface area contributed by atoms with E-state index in [1.807, 2.05) is 11.8 Å². The van der Waals surface area contributed by atoms with Gasteiger partial charge in [0.25, 0.3) is 0 Å². The summed E-state index contributed by atoms with van der Waals surface area (Å²) in [4.78, 5) is 13.3. The van der Waals surface area contributed by atoms with Crippen LogP contribution < -0.4 is 0 Å². The molecule has 2 unspecified atom stereocenters. The number of ether oxygens (including phenoxy) is 1. The van der Waals surface area contributed by atoms with E-state index in [2.05, 4.69) is 0 Å². The zero-order chi connectivity index (χ0) is 9.47. The van der Waals surface area contributed by atoms with Gasteiger partial charge in [-0.05, 0) is 19.8 Å². The lowest BCUT2D eigenvalue weighted by molar-refractivity contribution is -0.131. The number of likely N-dealkylation sites (tertiary alicyclic amines) is 1. The van der Waals surface area contributed by atoms with Crippen LogP contribution in [-0.2, 0) is 9.53 Å². The molecule has 0 aromatic heterocycles. The second-order valence-corrected chi connectivity index (χ2v) is 4.03. The van der Waals surface area contributed by atoms with Crippen molar-refractivity contribution in [3.63, 3.8) is 0 Å². The third kappa shape index (κ3) is 1.26. The molecule has 3 heteroatoms. The minimum atomic E-state index is 0.113. The molecule has 2 aliphatic rings. The van der Waals surface area contributed by atoms with E-state index in [9.17, 15) is 4.79 Å². The fourth-order valence-corrected chi connectivity index (χ4v) is 2.60. The molecule has 3 nitrogen and oxygen atoms in total. The molecule has 74 valence electrons. The van der Waals surface area contributed by atoms with Crippen LogP contribution in [0, 0.1) is 0 Å². The van der Waals surface area contributed by atoms with E-state index < -0.39 is 0 Å². The third-order valence-electron chi connectivity index (χ3n) is 3.26. The highest BCUT2D eigenvalue weighted by molar-refractivity contribution is 5.75. The van der Waals surface area contributed by atoms with E-state index in [1.54, 1.807) is 6.92 Å². The number of hydrogen-bond acceptors (Lipinski definition) is 2. The Balaban J connectivity index is 2.03. The molecule has 2 atom stereocenters. The Hall–Kier alpha value is -0.570. The molecule has 0 N–H and O–H groups in total.